The zero-order valence-corrected chi connectivity index (χ0v) is 20.6. The lowest BCUT2D eigenvalue weighted by molar-refractivity contribution is -0.134. The summed E-state index contributed by atoms with van der Waals surface area (Å²) in [5.74, 6) is 1.38. The molecule has 1 atom stereocenters. The number of benzene rings is 1. The number of nitrogens with one attached hydrogen (secondary N) is 1. The van der Waals surface area contributed by atoms with Crippen LogP contribution in [-0.4, -0.2) is 67.7 Å². The second kappa shape index (κ2) is 8.54. The molecule has 9 heteroatoms. The van der Waals surface area contributed by atoms with Gasteiger partial charge in [-0.15, -0.1) is 0 Å². The third kappa shape index (κ3) is 4.09. The zero-order chi connectivity index (χ0) is 24.0. The predicted molar refractivity (Wildman–Crippen MR) is 131 cm³/mol. The van der Waals surface area contributed by atoms with Crippen LogP contribution in [0.15, 0.2) is 24.5 Å². The van der Waals surface area contributed by atoms with Gasteiger partial charge in [0, 0.05) is 31.7 Å². The Bertz CT molecular complexity index is 1240. The standard InChI is InChI=1S/C25H33N7O2/c1-16(33)32-20(6-8-25(32,2)3)15-31-23-19(13-27-31)12-26-24(29-23)28-21-10-18-14-30(4)9-7-17(18)11-22(21)34-5/h10-13,20H,6-9,14-15H2,1-5H3,(H,26,28,29). The molecule has 2 aliphatic rings. The summed E-state index contributed by atoms with van der Waals surface area (Å²) in [5.41, 5.74) is 4.07. The van der Waals surface area contributed by atoms with Gasteiger partial charge in [0.1, 0.15) is 5.75 Å². The van der Waals surface area contributed by atoms with Crippen molar-refractivity contribution in [3.8, 4) is 5.75 Å². The van der Waals surface area contributed by atoms with Crippen LogP contribution in [0.4, 0.5) is 11.6 Å². The van der Waals surface area contributed by atoms with Crippen molar-refractivity contribution in [1.29, 1.82) is 0 Å². The number of carbonyl (C=O) groups excluding carboxylic acids is 1. The normalized spacial score (nSPS) is 19.9. The molecular weight excluding hydrogens is 430 g/mol. The van der Waals surface area contributed by atoms with Crippen molar-refractivity contribution in [3.05, 3.63) is 35.7 Å². The van der Waals surface area contributed by atoms with Crippen molar-refractivity contribution in [1.82, 2.24) is 29.5 Å². The number of fused-ring (bicyclic) bond motifs is 2. The molecule has 1 unspecified atom stereocenters. The molecule has 1 fully saturated rings. The first kappa shape index (κ1) is 22.6. The quantitative estimate of drug-likeness (QED) is 0.621. The maximum absolute atomic E-state index is 12.4. The van der Waals surface area contributed by atoms with Crippen molar-refractivity contribution in [2.24, 2.45) is 0 Å². The average molecular weight is 464 g/mol. The van der Waals surface area contributed by atoms with Gasteiger partial charge in [0.25, 0.3) is 0 Å². The van der Waals surface area contributed by atoms with Gasteiger partial charge in [-0.2, -0.15) is 10.1 Å². The van der Waals surface area contributed by atoms with Gasteiger partial charge >= 0.3 is 0 Å². The molecule has 0 spiro atoms. The first-order chi connectivity index (χ1) is 16.2. The number of hydrogen-bond donors (Lipinski definition) is 1. The minimum Gasteiger partial charge on any atom is -0.495 e. The SMILES string of the molecule is COc1cc2c(cc1Nc1ncc3cnn(CC4CCC(C)(C)N4C(C)=O)c3n1)CN(C)CC2. The van der Waals surface area contributed by atoms with E-state index >= 15 is 0 Å². The van der Waals surface area contributed by atoms with E-state index in [1.165, 1.54) is 11.1 Å². The van der Waals surface area contributed by atoms with Gasteiger partial charge < -0.3 is 19.9 Å². The number of carbonyl (C=O) groups is 1. The molecule has 2 aromatic heterocycles. The molecule has 0 saturated carbocycles. The summed E-state index contributed by atoms with van der Waals surface area (Å²) in [6.07, 6.45) is 6.51. The lowest BCUT2D eigenvalue weighted by Gasteiger charge is -2.35. The molecule has 34 heavy (non-hydrogen) atoms. The highest BCUT2D eigenvalue weighted by atomic mass is 16.5. The summed E-state index contributed by atoms with van der Waals surface area (Å²) < 4.78 is 7.55. The Morgan fingerprint density at radius 3 is 2.85 bits per heavy atom. The highest BCUT2D eigenvalue weighted by molar-refractivity contribution is 5.76. The van der Waals surface area contributed by atoms with Crippen LogP contribution in [0.3, 0.4) is 0 Å². The lowest BCUT2D eigenvalue weighted by atomic mass is 9.99. The van der Waals surface area contributed by atoms with Gasteiger partial charge in [-0.05, 0) is 63.4 Å². The van der Waals surface area contributed by atoms with E-state index in [-0.39, 0.29) is 17.5 Å². The molecule has 0 bridgehead atoms. The Labute approximate surface area is 200 Å². The van der Waals surface area contributed by atoms with E-state index < -0.39 is 0 Å². The molecule has 1 saturated heterocycles. The molecule has 5 rings (SSSR count). The summed E-state index contributed by atoms with van der Waals surface area (Å²) in [4.78, 5) is 26.0. The highest BCUT2D eigenvalue weighted by Gasteiger charge is 2.41. The van der Waals surface area contributed by atoms with E-state index in [9.17, 15) is 4.79 Å². The number of ether oxygens (including phenoxy) is 1. The molecule has 0 aliphatic carbocycles. The van der Waals surface area contributed by atoms with Gasteiger partial charge in [0.15, 0.2) is 5.65 Å². The lowest BCUT2D eigenvalue weighted by Crippen LogP contribution is -2.47. The fraction of sp³-hybridized carbons (Fsp3) is 0.520. The molecule has 2 aliphatic heterocycles. The summed E-state index contributed by atoms with van der Waals surface area (Å²) in [6, 6.07) is 4.35. The third-order valence-electron chi connectivity index (χ3n) is 7.18. The summed E-state index contributed by atoms with van der Waals surface area (Å²) in [6.45, 7) is 8.47. The summed E-state index contributed by atoms with van der Waals surface area (Å²) in [7, 11) is 3.82. The van der Waals surface area contributed by atoms with Gasteiger partial charge in [-0.1, -0.05) is 0 Å². The minimum atomic E-state index is -0.141. The van der Waals surface area contributed by atoms with Crippen molar-refractivity contribution < 1.29 is 9.53 Å². The van der Waals surface area contributed by atoms with Crippen LogP contribution in [0.25, 0.3) is 11.0 Å². The highest BCUT2D eigenvalue weighted by Crippen LogP contribution is 2.35. The van der Waals surface area contributed by atoms with Crippen LogP contribution in [0.5, 0.6) is 5.75 Å². The zero-order valence-electron chi connectivity index (χ0n) is 20.6. The number of likely N-dealkylation sites (N-methyl/N-ethyl adjacent to an activating group) is 1. The molecule has 9 nitrogen and oxygen atoms in total. The minimum absolute atomic E-state index is 0.0969. The smallest absolute Gasteiger partial charge is 0.229 e. The van der Waals surface area contributed by atoms with Crippen LogP contribution in [0.1, 0.15) is 44.7 Å². The van der Waals surface area contributed by atoms with E-state index in [4.69, 9.17) is 9.72 Å². The van der Waals surface area contributed by atoms with Crippen LogP contribution in [0.2, 0.25) is 0 Å². The molecule has 180 valence electrons. The molecule has 1 N–H and O–H groups in total. The maximum atomic E-state index is 12.4. The topological polar surface area (TPSA) is 88.4 Å². The number of methoxy groups -OCH3 is 1. The Morgan fingerprint density at radius 2 is 2.09 bits per heavy atom. The number of likely N-dealkylation sites (tertiary alicyclic amines) is 1. The van der Waals surface area contributed by atoms with Crippen molar-refractivity contribution in [3.63, 3.8) is 0 Å². The fourth-order valence-corrected chi connectivity index (χ4v) is 5.49. The van der Waals surface area contributed by atoms with Crippen molar-refractivity contribution >= 4 is 28.6 Å². The van der Waals surface area contributed by atoms with Crippen molar-refractivity contribution in [2.75, 3.05) is 26.0 Å². The average Bonchev–Trinajstić information content (AvgIpc) is 3.32. The monoisotopic (exact) mass is 463 g/mol. The van der Waals surface area contributed by atoms with Gasteiger partial charge in [-0.3, -0.25) is 4.79 Å². The first-order valence-corrected chi connectivity index (χ1v) is 11.9. The Balaban J connectivity index is 1.43. The van der Waals surface area contributed by atoms with E-state index in [0.29, 0.717) is 12.5 Å². The van der Waals surface area contributed by atoms with Crippen LogP contribution in [0, 0.1) is 0 Å². The van der Waals surface area contributed by atoms with Crippen molar-refractivity contribution in [2.45, 2.75) is 64.7 Å². The summed E-state index contributed by atoms with van der Waals surface area (Å²) >= 11 is 0. The third-order valence-corrected chi connectivity index (χ3v) is 7.18. The Kier molecular flexibility index (Phi) is 5.67. The number of aromatic nitrogens is 4. The molecular formula is C25H33N7O2. The fourth-order valence-electron chi connectivity index (χ4n) is 5.49. The number of amides is 1. The number of hydrogen-bond acceptors (Lipinski definition) is 7. The van der Waals surface area contributed by atoms with Crippen LogP contribution < -0.4 is 10.1 Å². The van der Waals surface area contributed by atoms with Crippen LogP contribution in [-0.2, 0) is 24.3 Å². The van der Waals surface area contributed by atoms with Gasteiger partial charge in [0.2, 0.25) is 11.9 Å². The number of anilines is 2. The van der Waals surface area contributed by atoms with Gasteiger partial charge in [-0.25, -0.2) is 9.67 Å². The Morgan fingerprint density at radius 1 is 1.26 bits per heavy atom. The Hall–Kier alpha value is -3.20. The van der Waals surface area contributed by atoms with E-state index in [1.54, 1.807) is 26.4 Å². The molecule has 0 radical (unpaired) electrons. The second-order valence-corrected chi connectivity index (χ2v) is 10.1. The van der Waals surface area contributed by atoms with E-state index in [0.717, 1.165) is 54.8 Å². The molecule has 1 aromatic carbocycles. The predicted octanol–water partition coefficient (Wildman–Crippen LogP) is 3.36. The summed E-state index contributed by atoms with van der Waals surface area (Å²) in [5, 5.41) is 8.80. The van der Waals surface area contributed by atoms with E-state index in [2.05, 4.69) is 53.3 Å². The first-order valence-electron chi connectivity index (χ1n) is 11.9. The van der Waals surface area contributed by atoms with E-state index in [1.807, 2.05) is 9.58 Å². The molecule has 3 aromatic rings. The molecule has 4 heterocycles. The number of rotatable bonds is 5. The van der Waals surface area contributed by atoms with Gasteiger partial charge in [0.05, 0.1) is 37.0 Å². The number of nitrogens with zero attached hydrogens (tertiary/aromatic N) is 6. The largest absolute Gasteiger partial charge is 0.495 e. The second-order valence-electron chi connectivity index (χ2n) is 10.1. The maximum Gasteiger partial charge on any atom is 0.229 e. The van der Waals surface area contributed by atoms with Crippen LogP contribution >= 0.6 is 0 Å². The molecule has 1 amide bonds.